The third kappa shape index (κ3) is 18.0. The van der Waals surface area contributed by atoms with Crippen LogP contribution < -0.4 is 0 Å². The lowest BCUT2D eigenvalue weighted by Gasteiger charge is -2.33. The Morgan fingerprint density at radius 3 is 1.61 bits per heavy atom. The molecule has 2 aliphatic rings. The fourth-order valence-corrected chi connectivity index (χ4v) is 3.77. The fraction of sp³-hybridized carbons (Fsp3) is 1.00. The van der Waals surface area contributed by atoms with E-state index in [1.54, 1.807) is 0 Å². The molecule has 2 heterocycles. The van der Waals surface area contributed by atoms with Crippen molar-refractivity contribution in [2.75, 3.05) is 126 Å². The second kappa shape index (κ2) is 24.4. The molecule has 2 fully saturated rings. The zero-order valence-corrected chi connectivity index (χ0v) is 23.5. The highest BCUT2D eigenvalue weighted by Gasteiger charge is 2.33. The minimum Gasteiger partial charge on any atom is -0.378 e. The fourth-order valence-electron chi connectivity index (χ4n) is 3.77. The second-order valence-electron chi connectivity index (χ2n) is 9.27. The van der Waals surface area contributed by atoms with E-state index < -0.39 is 5.60 Å². The first kappa shape index (κ1) is 33.8. The van der Waals surface area contributed by atoms with Gasteiger partial charge in [-0.05, 0) is 25.7 Å². The monoisotopic (exact) mass is 552 g/mol. The van der Waals surface area contributed by atoms with Gasteiger partial charge in [-0.1, -0.05) is 13.3 Å². The van der Waals surface area contributed by atoms with E-state index in [4.69, 9.17) is 52.1 Å². The van der Waals surface area contributed by atoms with Gasteiger partial charge in [-0.15, -0.1) is 0 Å². The number of unbranched alkanes of at least 4 members (excludes halogenated alkanes) is 1. The smallest absolute Gasteiger partial charge is 0.157 e. The Kier molecular flexibility index (Phi) is 21.6. The third-order valence-electron chi connectivity index (χ3n) is 5.90. The first-order valence-corrected chi connectivity index (χ1v) is 14.3. The zero-order chi connectivity index (χ0) is 26.8. The van der Waals surface area contributed by atoms with Crippen molar-refractivity contribution < 1.29 is 52.1 Å². The van der Waals surface area contributed by atoms with E-state index in [0.717, 1.165) is 38.7 Å². The summed E-state index contributed by atoms with van der Waals surface area (Å²) in [6.07, 6.45) is 5.02. The van der Waals surface area contributed by atoms with Gasteiger partial charge in [-0.25, -0.2) is 0 Å². The van der Waals surface area contributed by atoms with Crippen LogP contribution in [-0.4, -0.2) is 137 Å². The largest absolute Gasteiger partial charge is 0.378 e. The van der Waals surface area contributed by atoms with Crippen LogP contribution >= 0.6 is 0 Å². The normalized spacial score (nSPS) is 24.7. The van der Waals surface area contributed by atoms with Crippen LogP contribution in [0.3, 0.4) is 0 Å². The molecule has 0 saturated carbocycles. The molecule has 0 aromatic heterocycles. The number of rotatable bonds is 10. The van der Waals surface area contributed by atoms with Crippen molar-refractivity contribution in [1.29, 1.82) is 0 Å². The van der Waals surface area contributed by atoms with Crippen LogP contribution in [-0.2, 0) is 52.1 Å². The lowest BCUT2D eigenvalue weighted by molar-refractivity contribution is -0.201. The third-order valence-corrected chi connectivity index (χ3v) is 5.90. The molecule has 226 valence electrons. The molecular weight excluding hydrogens is 500 g/mol. The molecule has 0 spiro atoms. The van der Waals surface area contributed by atoms with Crippen molar-refractivity contribution in [2.24, 2.45) is 0 Å². The molecule has 0 radical (unpaired) electrons. The molecule has 0 aromatic rings. The van der Waals surface area contributed by atoms with E-state index in [9.17, 15) is 0 Å². The predicted octanol–water partition coefficient (Wildman–Crippen LogP) is 2.23. The standard InChI is InChI=1S/C27H52O11/c1-2-3-7-33-23-27(38-22-21-37-26-6-4-5-8-36-26)24-34-19-17-31-15-13-29-11-9-28-10-12-30-14-16-32-18-20-35-25-27/h26H,2-25H2,1H3. The first-order chi connectivity index (χ1) is 18.8. The first-order valence-electron chi connectivity index (χ1n) is 14.3. The average molecular weight is 553 g/mol. The average Bonchev–Trinajstić information content (AvgIpc) is 2.94. The Morgan fingerprint density at radius 2 is 1.13 bits per heavy atom. The molecule has 0 aromatic carbocycles. The summed E-state index contributed by atoms with van der Waals surface area (Å²) in [4.78, 5) is 0. The topological polar surface area (TPSA) is 102 Å². The van der Waals surface area contributed by atoms with Gasteiger partial charge in [-0.3, -0.25) is 0 Å². The van der Waals surface area contributed by atoms with Gasteiger partial charge in [0.1, 0.15) is 5.60 Å². The van der Waals surface area contributed by atoms with Crippen LogP contribution in [0.5, 0.6) is 0 Å². The van der Waals surface area contributed by atoms with E-state index in [2.05, 4.69) is 6.92 Å². The van der Waals surface area contributed by atoms with Gasteiger partial charge < -0.3 is 52.1 Å². The molecule has 2 saturated heterocycles. The van der Waals surface area contributed by atoms with Gasteiger partial charge in [0.25, 0.3) is 0 Å². The van der Waals surface area contributed by atoms with Gasteiger partial charge in [0.15, 0.2) is 6.29 Å². The molecule has 1 atom stereocenters. The quantitative estimate of drug-likeness (QED) is 0.373. The summed E-state index contributed by atoms with van der Waals surface area (Å²) >= 11 is 0. The van der Waals surface area contributed by atoms with Gasteiger partial charge in [0.05, 0.1) is 112 Å². The molecule has 0 N–H and O–H groups in total. The van der Waals surface area contributed by atoms with Crippen molar-refractivity contribution in [3.63, 3.8) is 0 Å². The lowest BCUT2D eigenvalue weighted by atomic mass is 10.1. The minimum atomic E-state index is -0.770. The molecule has 1 unspecified atom stereocenters. The summed E-state index contributed by atoms with van der Waals surface area (Å²) in [5.74, 6) is 0. The van der Waals surface area contributed by atoms with Crippen LogP contribution in [0.4, 0.5) is 0 Å². The summed E-state index contributed by atoms with van der Waals surface area (Å²) < 4.78 is 63.6. The molecule has 11 heteroatoms. The van der Waals surface area contributed by atoms with Crippen molar-refractivity contribution >= 4 is 0 Å². The van der Waals surface area contributed by atoms with Gasteiger partial charge in [0, 0.05) is 13.2 Å². The Bertz CT molecular complexity index is 483. The van der Waals surface area contributed by atoms with Crippen LogP contribution in [0.25, 0.3) is 0 Å². The summed E-state index contributed by atoms with van der Waals surface area (Å²) in [5.41, 5.74) is -0.770. The Balaban J connectivity index is 1.85. The predicted molar refractivity (Wildman–Crippen MR) is 140 cm³/mol. The number of ether oxygens (including phenoxy) is 11. The van der Waals surface area contributed by atoms with Crippen molar-refractivity contribution in [2.45, 2.75) is 50.9 Å². The van der Waals surface area contributed by atoms with Gasteiger partial charge in [0.2, 0.25) is 0 Å². The maximum absolute atomic E-state index is 6.35. The van der Waals surface area contributed by atoms with Crippen LogP contribution in [0.1, 0.15) is 39.0 Å². The van der Waals surface area contributed by atoms with Gasteiger partial charge >= 0.3 is 0 Å². The number of hydrogen-bond donors (Lipinski definition) is 0. The van der Waals surface area contributed by atoms with Crippen molar-refractivity contribution in [3.8, 4) is 0 Å². The summed E-state index contributed by atoms with van der Waals surface area (Å²) in [6.45, 7) is 11.2. The molecule has 2 rings (SSSR count). The molecule has 2 aliphatic heterocycles. The lowest BCUT2D eigenvalue weighted by Crippen LogP contribution is -2.48. The Morgan fingerprint density at radius 1 is 0.605 bits per heavy atom. The van der Waals surface area contributed by atoms with E-state index in [0.29, 0.717) is 119 Å². The van der Waals surface area contributed by atoms with Crippen molar-refractivity contribution in [3.05, 3.63) is 0 Å². The second-order valence-corrected chi connectivity index (χ2v) is 9.27. The SMILES string of the molecule is CCCCOCC1(OCCOC2CCCCO2)COCCOCCOCCOCCOCCOCCOC1. The zero-order valence-electron chi connectivity index (χ0n) is 23.5. The molecular formula is C27H52O11. The minimum absolute atomic E-state index is 0.154. The van der Waals surface area contributed by atoms with Crippen molar-refractivity contribution in [1.82, 2.24) is 0 Å². The van der Waals surface area contributed by atoms with E-state index in [-0.39, 0.29) is 6.29 Å². The summed E-state index contributed by atoms with van der Waals surface area (Å²) in [7, 11) is 0. The summed E-state index contributed by atoms with van der Waals surface area (Å²) in [5, 5.41) is 0. The van der Waals surface area contributed by atoms with Crippen LogP contribution in [0.15, 0.2) is 0 Å². The Hall–Kier alpha value is -0.440. The van der Waals surface area contributed by atoms with Crippen LogP contribution in [0, 0.1) is 0 Å². The maximum Gasteiger partial charge on any atom is 0.157 e. The maximum atomic E-state index is 6.35. The molecule has 11 nitrogen and oxygen atoms in total. The highest BCUT2D eigenvalue weighted by atomic mass is 16.7. The summed E-state index contributed by atoms with van der Waals surface area (Å²) in [6, 6.07) is 0. The number of hydrogen-bond acceptors (Lipinski definition) is 11. The van der Waals surface area contributed by atoms with Crippen LogP contribution in [0.2, 0.25) is 0 Å². The highest BCUT2D eigenvalue weighted by molar-refractivity contribution is 4.81. The Labute approximate surface area is 228 Å². The molecule has 0 aliphatic carbocycles. The molecule has 38 heavy (non-hydrogen) atoms. The van der Waals surface area contributed by atoms with E-state index >= 15 is 0 Å². The molecule has 0 bridgehead atoms. The van der Waals surface area contributed by atoms with E-state index in [1.165, 1.54) is 0 Å². The highest BCUT2D eigenvalue weighted by Crippen LogP contribution is 2.17. The van der Waals surface area contributed by atoms with E-state index in [1.807, 2.05) is 0 Å². The molecule has 0 amide bonds. The van der Waals surface area contributed by atoms with Gasteiger partial charge in [-0.2, -0.15) is 0 Å².